The fraction of sp³-hybridized carbons (Fsp3) is 0.438. The van der Waals surface area contributed by atoms with Gasteiger partial charge < -0.3 is 15.0 Å². The Labute approximate surface area is 120 Å². The normalized spacial score (nSPS) is 17.4. The number of fused-ring (bicyclic) bond motifs is 1. The molecule has 108 valence electrons. The van der Waals surface area contributed by atoms with E-state index in [4.69, 9.17) is 4.74 Å². The van der Waals surface area contributed by atoms with Crippen LogP contribution < -0.4 is 5.32 Å². The molecule has 1 aromatic rings. The quantitative estimate of drug-likeness (QED) is 0.800. The monoisotopic (exact) mass is 274 g/mol. The molecular weight excluding hydrogens is 252 g/mol. The van der Waals surface area contributed by atoms with Gasteiger partial charge in [-0.05, 0) is 11.1 Å². The van der Waals surface area contributed by atoms with Crippen LogP contribution in [0, 0.1) is 0 Å². The molecule has 1 aromatic carbocycles. The first-order valence-corrected chi connectivity index (χ1v) is 6.95. The van der Waals surface area contributed by atoms with Crippen LogP contribution >= 0.6 is 0 Å². The van der Waals surface area contributed by atoms with Gasteiger partial charge in [0.2, 0.25) is 5.91 Å². The molecule has 1 heterocycles. The number of rotatable bonds is 6. The number of nitrogens with one attached hydrogen (secondary N) is 1. The lowest BCUT2D eigenvalue weighted by molar-refractivity contribution is -0.133. The molecule has 0 fully saturated rings. The zero-order valence-corrected chi connectivity index (χ0v) is 12.0. The number of benzene rings is 1. The van der Waals surface area contributed by atoms with Gasteiger partial charge in [-0.1, -0.05) is 30.3 Å². The summed E-state index contributed by atoms with van der Waals surface area (Å²) in [4.78, 5) is 14.5. The number of hydrogen-bond donors (Lipinski definition) is 1. The summed E-state index contributed by atoms with van der Waals surface area (Å²) in [5, 5.41) is 3.32. The third-order valence-corrected chi connectivity index (χ3v) is 3.62. The summed E-state index contributed by atoms with van der Waals surface area (Å²) in [5.74, 6) is 0.0263. The van der Waals surface area contributed by atoms with Crippen LogP contribution in [0.4, 0.5) is 0 Å². The van der Waals surface area contributed by atoms with Crippen molar-refractivity contribution in [2.75, 3.05) is 33.4 Å². The maximum absolute atomic E-state index is 12.7. The van der Waals surface area contributed by atoms with E-state index in [2.05, 4.69) is 24.0 Å². The topological polar surface area (TPSA) is 41.6 Å². The first-order chi connectivity index (χ1) is 9.77. The van der Waals surface area contributed by atoms with Crippen molar-refractivity contribution in [2.24, 2.45) is 0 Å². The van der Waals surface area contributed by atoms with E-state index in [0.29, 0.717) is 26.2 Å². The summed E-state index contributed by atoms with van der Waals surface area (Å²) >= 11 is 0. The molecule has 0 aliphatic carbocycles. The van der Waals surface area contributed by atoms with Gasteiger partial charge in [0.1, 0.15) is 0 Å². The lowest BCUT2D eigenvalue weighted by Gasteiger charge is -2.30. The van der Waals surface area contributed by atoms with Crippen LogP contribution in [0.15, 0.2) is 36.9 Å². The highest BCUT2D eigenvalue weighted by Gasteiger charge is 2.29. The highest BCUT2D eigenvalue weighted by atomic mass is 16.5. The molecule has 1 atom stereocenters. The first-order valence-electron chi connectivity index (χ1n) is 6.95. The fourth-order valence-corrected chi connectivity index (χ4v) is 2.59. The average molecular weight is 274 g/mol. The predicted molar refractivity (Wildman–Crippen MR) is 79.5 cm³/mol. The highest BCUT2D eigenvalue weighted by molar-refractivity contribution is 5.85. The molecule has 1 unspecified atom stereocenters. The zero-order valence-electron chi connectivity index (χ0n) is 12.0. The molecule has 1 aliphatic heterocycles. The van der Waals surface area contributed by atoms with Crippen molar-refractivity contribution in [3.63, 3.8) is 0 Å². The van der Waals surface area contributed by atoms with Crippen molar-refractivity contribution >= 4 is 5.91 Å². The van der Waals surface area contributed by atoms with Gasteiger partial charge in [0.05, 0.1) is 12.5 Å². The minimum atomic E-state index is -0.114. The summed E-state index contributed by atoms with van der Waals surface area (Å²) < 4.78 is 5.08. The van der Waals surface area contributed by atoms with Crippen molar-refractivity contribution in [1.82, 2.24) is 10.2 Å². The largest absolute Gasteiger partial charge is 0.383 e. The molecule has 0 radical (unpaired) electrons. The minimum absolute atomic E-state index is 0.114. The lowest BCUT2D eigenvalue weighted by Crippen LogP contribution is -2.42. The summed E-state index contributed by atoms with van der Waals surface area (Å²) in [6, 6.07) is 8.15. The van der Waals surface area contributed by atoms with E-state index in [9.17, 15) is 4.79 Å². The third-order valence-electron chi connectivity index (χ3n) is 3.62. The first kappa shape index (κ1) is 14.8. The van der Waals surface area contributed by atoms with Crippen LogP contribution in [0.5, 0.6) is 0 Å². The summed E-state index contributed by atoms with van der Waals surface area (Å²) in [7, 11) is 1.65. The van der Waals surface area contributed by atoms with Crippen LogP contribution in [0.2, 0.25) is 0 Å². The number of nitrogens with zero attached hydrogens (tertiary/aromatic N) is 1. The highest BCUT2D eigenvalue weighted by Crippen LogP contribution is 2.25. The Hall–Kier alpha value is -1.65. The average Bonchev–Trinajstić information content (AvgIpc) is 2.50. The van der Waals surface area contributed by atoms with Crippen LogP contribution in [0.3, 0.4) is 0 Å². The Morgan fingerprint density at radius 1 is 1.55 bits per heavy atom. The van der Waals surface area contributed by atoms with Crippen LogP contribution in [-0.4, -0.2) is 44.2 Å². The molecule has 1 aliphatic rings. The molecule has 0 bridgehead atoms. The second kappa shape index (κ2) is 7.22. The number of ether oxygens (including phenoxy) is 1. The minimum Gasteiger partial charge on any atom is -0.383 e. The van der Waals surface area contributed by atoms with Crippen LogP contribution in [0.1, 0.15) is 17.0 Å². The van der Waals surface area contributed by atoms with E-state index >= 15 is 0 Å². The molecule has 1 amide bonds. The molecule has 4 heteroatoms. The summed E-state index contributed by atoms with van der Waals surface area (Å²) in [5.41, 5.74) is 2.35. The Kier molecular flexibility index (Phi) is 5.32. The van der Waals surface area contributed by atoms with Gasteiger partial charge in [-0.2, -0.15) is 0 Å². The van der Waals surface area contributed by atoms with E-state index < -0.39 is 0 Å². The van der Waals surface area contributed by atoms with Crippen LogP contribution in [-0.2, 0) is 16.1 Å². The van der Waals surface area contributed by atoms with E-state index in [1.165, 1.54) is 5.56 Å². The van der Waals surface area contributed by atoms with Crippen molar-refractivity contribution in [2.45, 2.75) is 12.5 Å². The molecule has 2 rings (SSSR count). The summed E-state index contributed by atoms with van der Waals surface area (Å²) in [6.45, 7) is 6.95. The SMILES string of the molecule is C=CCN(CCOC)C(=O)C1CNCc2ccccc21. The second-order valence-electron chi connectivity index (χ2n) is 4.95. The summed E-state index contributed by atoms with van der Waals surface area (Å²) in [6.07, 6.45) is 1.76. The number of hydrogen-bond acceptors (Lipinski definition) is 3. The van der Waals surface area contributed by atoms with Gasteiger partial charge in [-0.3, -0.25) is 4.79 Å². The zero-order chi connectivity index (χ0) is 14.4. The number of amides is 1. The molecule has 0 saturated carbocycles. The molecule has 0 spiro atoms. The van der Waals surface area contributed by atoms with Crippen molar-refractivity contribution < 1.29 is 9.53 Å². The van der Waals surface area contributed by atoms with Gasteiger partial charge in [0.15, 0.2) is 0 Å². The van der Waals surface area contributed by atoms with Gasteiger partial charge in [0.25, 0.3) is 0 Å². The van der Waals surface area contributed by atoms with Gasteiger partial charge >= 0.3 is 0 Å². The van der Waals surface area contributed by atoms with Gasteiger partial charge in [-0.15, -0.1) is 6.58 Å². The Bertz CT molecular complexity index is 473. The molecule has 4 nitrogen and oxygen atoms in total. The molecule has 0 aromatic heterocycles. The van der Waals surface area contributed by atoms with Crippen molar-refractivity contribution in [1.29, 1.82) is 0 Å². The van der Waals surface area contributed by atoms with E-state index in [1.54, 1.807) is 13.2 Å². The maximum atomic E-state index is 12.7. The number of carbonyl (C=O) groups is 1. The van der Waals surface area contributed by atoms with Crippen molar-refractivity contribution in [3.05, 3.63) is 48.0 Å². The Morgan fingerprint density at radius 2 is 2.35 bits per heavy atom. The molecule has 20 heavy (non-hydrogen) atoms. The molecule has 1 N–H and O–H groups in total. The Morgan fingerprint density at radius 3 is 3.10 bits per heavy atom. The van der Waals surface area contributed by atoms with Gasteiger partial charge in [0, 0.05) is 33.3 Å². The Balaban J connectivity index is 2.17. The van der Waals surface area contributed by atoms with Crippen molar-refractivity contribution in [3.8, 4) is 0 Å². The number of carbonyl (C=O) groups excluding carboxylic acids is 1. The predicted octanol–water partition coefficient (Wildman–Crippen LogP) is 1.53. The maximum Gasteiger partial charge on any atom is 0.231 e. The van der Waals surface area contributed by atoms with Gasteiger partial charge in [-0.25, -0.2) is 0 Å². The van der Waals surface area contributed by atoms with E-state index in [0.717, 1.165) is 12.1 Å². The lowest BCUT2D eigenvalue weighted by atomic mass is 9.90. The van der Waals surface area contributed by atoms with E-state index in [1.807, 2.05) is 17.0 Å². The fourth-order valence-electron chi connectivity index (χ4n) is 2.59. The molecule has 0 saturated heterocycles. The second-order valence-corrected chi connectivity index (χ2v) is 4.95. The third kappa shape index (κ3) is 3.26. The van der Waals surface area contributed by atoms with Crippen LogP contribution in [0.25, 0.3) is 0 Å². The smallest absolute Gasteiger partial charge is 0.231 e. The standard InChI is InChI=1S/C16H22N2O2/c1-3-8-18(9-10-20-2)16(19)15-12-17-11-13-6-4-5-7-14(13)15/h3-7,15,17H,1,8-12H2,2H3. The number of methoxy groups -OCH3 is 1. The van der Waals surface area contributed by atoms with E-state index in [-0.39, 0.29) is 11.8 Å². The molecular formula is C16H22N2O2.